The van der Waals surface area contributed by atoms with Gasteiger partial charge in [-0.2, -0.15) is 5.10 Å². The summed E-state index contributed by atoms with van der Waals surface area (Å²) >= 11 is 0. The maximum absolute atomic E-state index is 12.9. The van der Waals surface area contributed by atoms with Crippen LogP contribution in [0.3, 0.4) is 0 Å². The second kappa shape index (κ2) is 9.93. The largest absolute Gasteiger partial charge is 0.404 e. The van der Waals surface area contributed by atoms with Crippen LogP contribution in [0.25, 0.3) is 11.3 Å². The predicted molar refractivity (Wildman–Crippen MR) is 144 cm³/mol. The third-order valence-corrected chi connectivity index (χ3v) is 6.73. The first kappa shape index (κ1) is 24.3. The SMILES string of the molecule is Cc1ccc(NC(=O)c2cc(C3CC3)n(C)n2)cc1/C(N)=C/C(=C\N)c1ccnc(NC(=O)C2CC2)c1. The minimum absolute atomic E-state index is 0.0121. The first-order valence-electron chi connectivity index (χ1n) is 12.4. The molecule has 9 heteroatoms. The number of benzene rings is 1. The Hall–Kier alpha value is -4.40. The van der Waals surface area contributed by atoms with Gasteiger partial charge in [-0.1, -0.05) is 6.07 Å². The molecule has 5 rings (SSSR count). The summed E-state index contributed by atoms with van der Waals surface area (Å²) in [5.74, 6) is 0.785. The Balaban J connectivity index is 1.34. The molecule has 2 aromatic heterocycles. The van der Waals surface area contributed by atoms with E-state index in [0.29, 0.717) is 34.4 Å². The number of hydrogen-bond donors (Lipinski definition) is 4. The van der Waals surface area contributed by atoms with Crippen LogP contribution in [0.4, 0.5) is 11.5 Å². The van der Waals surface area contributed by atoms with E-state index in [0.717, 1.165) is 48.1 Å². The highest BCUT2D eigenvalue weighted by atomic mass is 16.2. The van der Waals surface area contributed by atoms with E-state index >= 15 is 0 Å². The Labute approximate surface area is 215 Å². The minimum atomic E-state index is -0.264. The average molecular weight is 498 g/mol. The summed E-state index contributed by atoms with van der Waals surface area (Å²) in [6.07, 6.45) is 8.98. The number of anilines is 2. The van der Waals surface area contributed by atoms with Crippen LogP contribution in [0.15, 0.2) is 54.9 Å². The highest BCUT2D eigenvalue weighted by Gasteiger charge is 2.30. The molecule has 0 spiro atoms. The number of pyridine rings is 1. The number of carbonyl (C=O) groups is 2. The van der Waals surface area contributed by atoms with Crippen molar-refractivity contribution in [2.45, 2.75) is 38.5 Å². The zero-order chi connectivity index (χ0) is 26.1. The van der Waals surface area contributed by atoms with Gasteiger partial charge in [0.05, 0.1) is 0 Å². The van der Waals surface area contributed by atoms with Crippen LogP contribution in [-0.4, -0.2) is 26.6 Å². The lowest BCUT2D eigenvalue weighted by molar-refractivity contribution is -0.117. The van der Waals surface area contributed by atoms with Gasteiger partial charge >= 0.3 is 0 Å². The van der Waals surface area contributed by atoms with Crippen molar-refractivity contribution in [3.8, 4) is 0 Å². The Morgan fingerprint density at radius 2 is 1.86 bits per heavy atom. The van der Waals surface area contributed by atoms with Crippen LogP contribution in [0.2, 0.25) is 0 Å². The predicted octanol–water partition coefficient (Wildman–Crippen LogP) is 3.90. The van der Waals surface area contributed by atoms with Gasteiger partial charge in [0, 0.05) is 53.9 Å². The molecule has 190 valence electrons. The number of aromatic nitrogens is 3. The van der Waals surface area contributed by atoms with Gasteiger partial charge in [0.2, 0.25) is 5.91 Å². The zero-order valence-electron chi connectivity index (χ0n) is 21.0. The second-order valence-electron chi connectivity index (χ2n) is 9.75. The molecule has 3 aromatic rings. The third kappa shape index (κ3) is 5.55. The molecule has 0 bridgehead atoms. The number of nitrogens with zero attached hydrogens (tertiary/aromatic N) is 3. The summed E-state index contributed by atoms with van der Waals surface area (Å²) in [5, 5.41) is 10.2. The second-order valence-corrected chi connectivity index (χ2v) is 9.75. The highest BCUT2D eigenvalue weighted by molar-refractivity contribution is 6.03. The molecule has 0 atom stereocenters. The van der Waals surface area contributed by atoms with Crippen LogP contribution in [0.5, 0.6) is 0 Å². The Kier molecular flexibility index (Phi) is 6.52. The Morgan fingerprint density at radius 1 is 1.08 bits per heavy atom. The van der Waals surface area contributed by atoms with Gasteiger partial charge in [-0.15, -0.1) is 0 Å². The summed E-state index contributed by atoms with van der Waals surface area (Å²) in [5.41, 5.74) is 18.2. The maximum atomic E-state index is 12.9. The van der Waals surface area contributed by atoms with Gasteiger partial charge in [-0.05, 0) is 85.7 Å². The van der Waals surface area contributed by atoms with Gasteiger partial charge in [0.15, 0.2) is 5.69 Å². The van der Waals surface area contributed by atoms with Gasteiger partial charge in [-0.3, -0.25) is 14.3 Å². The van der Waals surface area contributed by atoms with Crippen molar-refractivity contribution in [3.63, 3.8) is 0 Å². The molecule has 0 radical (unpaired) electrons. The van der Waals surface area contributed by atoms with E-state index in [9.17, 15) is 9.59 Å². The van der Waals surface area contributed by atoms with Crippen LogP contribution in [0, 0.1) is 12.8 Å². The lowest BCUT2D eigenvalue weighted by atomic mass is 10.0. The Bertz CT molecular complexity index is 1430. The number of allylic oxidation sites excluding steroid dienone is 2. The van der Waals surface area contributed by atoms with E-state index in [-0.39, 0.29) is 17.7 Å². The van der Waals surface area contributed by atoms with Crippen molar-refractivity contribution < 1.29 is 9.59 Å². The standard InChI is InChI=1S/C28H31N7O2/c1-16-3-8-21(32-28(37)24-14-25(17-4-5-17)35(2)34-24)13-22(16)23(30)11-20(15-29)19-9-10-31-26(12-19)33-27(36)18-6-7-18/h3,8-15,17-18H,4-7,29-30H2,1-2H3,(H,32,37)(H,31,33,36)/b20-15+,23-11-. The van der Waals surface area contributed by atoms with E-state index in [1.807, 2.05) is 44.3 Å². The van der Waals surface area contributed by atoms with Gasteiger partial charge < -0.3 is 22.1 Å². The van der Waals surface area contributed by atoms with Crippen molar-refractivity contribution in [1.29, 1.82) is 0 Å². The number of amides is 2. The molecule has 2 aliphatic rings. The van der Waals surface area contributed by atoms with E-state index in [4.69, 9.17) is 11.5 Å². The normalized spacial score (nSPS) is 15.9. The number of nitrogens with one attached hydrogen (secondary N) is 2. The summed E-state index contributed by atoms with van der Waals surface area (Å²) < 4.78 is 1.79. The molecule has 2 aliphatic carbocycles. The summed E-state index contributed by atoms with van der Waals surface area (Å²) in [6, 6.07) is 11.0. The monoisotopic (exact) mass is 497 g/mol. The number of carbonyl (C=O) groups excluding carboxylic acids is 2. The van der Waals surface area contributed by atoms with E-state index in [2.05, 4.69) is 20.7 Å². The summed E-state index contributed by atoms with van der Waals surface area (Å²) in [7, 11) is 1.87. The fraction of sp³-hybridized carbons (Fsp3) is 0.286. The summed E-state index contributed by atoms with van der Waals surface area (Å²) in [6.45, 7) is 1.95. The van der Waals surface area contributed by atoms with Crippen molar-refractivity contribution in [1.82, 2.24) is 14.8 Å². The first-order chi connectivity index (χ1) is 17.8. The molecular weight excluding hydrogens is 466 g/mol. The van der Waals surface area contributed by atoms with Crippen molar-refractivity contribution in [2.75, 3.05) is 10.6 Å². The van der Waals surface area contributed by atoms with Crippen LogP contribution in [0.1, 0.15) is 64.5 Å². The smallest absolute Gasteiger partial charge is 0.276 e. The Morgan fingerprint density at radius 3 is 2.57 bits per heavy atom. The van der Waals surface area contributed by atoms with Crippen molar-refractivity contribution in [2.24, 2.45) is 24.4 Å². The molecule has 0 unspecified atom stereocenters. The molecule has 9 nitrogen and oxygen atoms in total. The number of rotatable bonds is 8. The number of aryl methyl sites for hydroxylation is 2. The molecule has 2 saturated carbocycles. The first-order valence-corrected chi connectivity index (χ1v) is 12.4. The third-order valence-electron chi connectivity index (χ3n) is 6.73. The van der Waals surface area contributed by atoms with Gasteiger partial charge in [0.25, 0.3) is 5.91 Å². The fourth-order valence-corrected chi connectivity index (χ4v) is 4.28. The fourth-order valence-electron chi connectivity index (χ4n) is 4.28. The highest BCUT2D eigenvalue weighted by Crippen LogP contribution is 2.40. The zero-order valence-corrected chi connectivity index (χ0v) is 21.0. The van der Waals surface area contributed by atoms with E-state index in [1.165, 1.54) is 6.20 Å². The lowest BCUT2D eigenvalue weighted by Crippen LogP contribution is -2.14. The van der Waals surface area contributed by atoms with Gasteiger partial charge in [0.1, 0.15) is 5.82 Å². The molecule has 0 aliphatic heterocycles. The average Bonchev–Trinajstić information content (AvgIpc) is 3.81. The number of hydrogen-bond acceptors (Lipinski definition) is 6. The molecule has 2 fully saturated rings. The number of nitrogens with two attached hydrogens (primary N) is 2. The summed E-state index contributed by atoms with van der Waals surface area (Å²) in [4.78, 5) is 29.2. The molecular formula is C28H31N7O2. The van der Waals surface area contributed by atoms with E-state index in [1.54, 1.807) is 23.0 Å². The van der Waals surface area contributed by atoms with Crippen LogP contribution >= 0.6 is 0 Å². The van der Waals surface area contributed by atoms with Crippen molar-refractivity contribution >= 4 is 34.6 Å². The van der Waals surface area contributed by atoms with Gasteiger partial charge in [-0.25, -0.2) is 4.98 Å². The lowest BCUT2D eigenvalue weighted by Gasteiger charge is -2.12. The minimum Gasteiger partial charge on any atom is -0.404 e. The topological polar surface area (TPSA) is 141 Å². The van der Waals surface area contributed by atoms with E-state index < -0.39 is 0 Å². The molecule has 0 saturated heterocycles. The van der Waals surface area contributed by atoms with Crippen LogP contribution < -0.4 is 22.1 Å². The molecule has 2 heterocycles. The molecule has 37 heavy (non-hydrogen) atoms. The molecule has 2 amide bonds. The quantitative estimate of drug-likeness (QED) is 0.348. The molecule has 1 aromatic carbocycles. The molecule has 6 N–H and O–H groups in total. The maximum Gasteiger partial charge on any atom is 0.276 e. The van der Waals surface area contributed by atoms with Crippen molar-refractivity contribution in [3.05, 3.63) is 82.9 Å². The van der Waals surface area contributed by atoms with Crippen LogP contribution in [-0.2, 0) is 11.8 Å².